The zero-order valence-electron chi connectivity index (χ0n) is 19.9. The Kier molecular flexibility index (Phi) is 6.64. The van der Waals surface area contributed by atoms with Crippen molar-refractivity contribution in [2.45, 2.75) is 45.6 Å². The first kappa shape index (κ1) is 23.8. The first-order chi connectivity index (χ1) is 16.3. The van der Waals surface area contributed by atoms with Crippen molar-refractivity contribution < 1.29 is 24.2 Å². The van der Waals surface area contributed by atoms with E-state index in [0.717, 1.165) is 22.3 Å². The average Bonchev–Trinajstić information content (AvgIpc) is 3.10. The largest absolute Gasteiger partial charge is 0.481 e. The van der Waals surface area contributed by atoms with E-state index in [4.69, 9.17) is 4.74 Å². The number of likely N-dealkylation sites (tertiary alicyclic amines) is 1. The summed E-state index contributed by atoms with van der Waals surface area (Å²) in [5.74, 6) is -1.04. The molecule has 1 fully saturated rings. The number of ether oxygens (including phenoxy) is 1. The second kappa shape index (κ2) is 9.49. The number of amides is 2. The summed E-state index contributed by atoms with van der Waals surface area (Å²) < 4.78 is 5.62. The molecule has 1 saturated heterocycles. The monoisotopic (exact) mass is 464 g/mol. The van der Waals surface area contributed by atoms with Gasteiger partial charge in [0.2, 0.25) is 5.91 Å². The fraction of sp³-hybridized carbons (Fsp3) is 0.444. The Morgan fingerprint density at radius 1 is 1.06 bits per heavy atom. The zero-order chi connectivity index (χ0) is 24.5. The smallest absolute Gasteiger partial charge is 0.407 e. The summed E-state index contributed by atoms with van der Waals surface area (Å²) in [6.45, 7) is 6.27. The van der Waals surface area contributed by atoms with Crippen molar-refractivity contribution in [3.8, 4) is 11.1 Å². The van der Waals surface area contributed by atoms with Gasteiger partial charge in [-0.3, -0.25) is 9.59 Å². The summed E-state index contributed by atoms with van der Waals surface area (Å²) in [7, 11) is 0. The Labute approximate surface area is 200 Å². The van der Waals surface area contributed by atoms with Crippen molar-refractivity contribution in [2.24, 2.45) is 11.3 Å². The number of carboxylic acids is 1. The van der Waals surface area contributed by atoms with Gasteiger partial charge in [0.15, 0.2) is 0 Å². The van der Waals surface area contributed by atoms with Gasteiger partial charge in [0.25, 0.3) is 0 Å². The number of carboxylic acid groups (broad SMARTS) is 1. The van der Waals surface area contributed by atoms with Crippen molar-refractivity contribution in [3.05, 3.63) is 59.7 Å². The maximum atomic E-state index is 13.1. The van der Waals surface area contributed by atoms with E-state index in [0.29, 0.717) is 12.8 Å². The Morgan fingerprint density at radius 3 is 2.12 bits per heavy atom. The van der Waals surface area contributed by atoms with Gasteiger partial charge in [-0.2, -0.15) is 0 Å². The minimum absolute atomic E-state index is 0.0616. The number of alkyl carbamates (subject to hydrolysis) is 1. The van der Waals surface area contributed by atoms with Gasteiger partial charge in [0.05, 0.1) is 0 Å². The van der Waals surface area contributed by atoms with E-state index in [2.05, 4.69) is 29.6 Å². The quantitative estimate of drug-likeness (QED) is 0.609. The number of fused-ring (bicyclic) bond motifs is 3. The molecule has 7 nitrogen and oxygen atoms in total. The lowest BCUT2D eigenvalue weighted by molar-refractivity contribution is -0.167. The molecular formula is C27H32N2O5. The first-order valence-electron chi connectivity index (χ1n) is 11.9. The van der Waals surface area contributed by atoms with E-state index >= 15 is 0 Å². The SMILES string of the molecule is CCC1(C(=O)O)CN(C(=O)[C@H](CC(C)C)NC(=O)OCC2c3ccccc3-c3ccccc32)C1. The molecule has 2 aliphatic rings. The minimum atomic E-state index is -0.887. The van der Waals surface area contributed by atoms with Crippen LogP contribution in [-0.4, -0.2) is 53.7 Å². The molecule has 7 heteroatoms. The molecule has 1 atom stereocenters. The topological polar surface area (TPSA) is 95.9 Å². The third kappa shape index (κ3) is 4.39. The van der Waals surface area contributed by atoms with Gasteiger partial charge in [0.1, 0.15) is 18.1 Å². The maximum Gasteiger partial charge on any atom is 0.407 e. The molecule has 2 aromatic carbocycles. The van der Waals surface area contributed by atoms with Gasteiger partial charge in [-0.05, 0) is 41.0 Å². The number of carbonyl (C=O) groups excluding carboxylic acids is 2. The van der Waals surface area contributed by atoms with Gasteiger partial charge in [0, 0.05) is 19.0 Å². The third-order valence-corrected chi connectivity index (χ3v) is 7.07. The number of aliphatic carboxylic acids is 1. The molecule has 0 bridgehead atoms. The second-order valence-electron chi connectivity index (χ2n) is 9.79. The Balaban J connectivity index is 1.41. The number of nitrogens with one attached hydrogen (secondary N) is 1. The van der Waals surface area contributed by atoms with Gasteiger partial charge >= 0.3 is 12.1 Å². The number of hydrogen-bond acceptors (Lipinski definition) is 4. The predicted octanol–water partition coefficient (Wildman–Crippen LogP) is 4.26. The molecular weight excluding hydrogens is 432 g/mol. The molecule has 2 amide bonds. The number of carbonyl (C=O) groups is 3. The van der Waals surface area contributed by atoms with E-state index in [9.17, 15) is 19.5 Å². The van der Waals surface area contributed by atoms with Crippen LogP contribution in [0.15, 0.2) is 48.5 Å². The molecule has 34 heavy (non-hydrogen) atoms. The molecule has 0 aromatic heterocycles. The van der Waals surface area contributed by atoms with Crippen molar-refractivity contribution in [1.29, 1.82) is 0 Å². The lowest BCUT2D eigenvalue weighted by Gasteiger charge is -2.47. The molecule has 0 radical (unpaired) electrons. The average molecular weight is 465 g/mol. The molecule has 0 unspecified atom stereocenters. The van der Waals surface area contributed by atoms with Gasteiger partial charge in [-0.1, -0.05) is 69.3 Å². The van der Waals surface area contributed by atoms with Crippen LogP contribution in [0.3, 0.4) is 0 Å². The van der Waals surface area contributed by atoms with Crippen molar-refractivity contribution >= 4 is 18.0 Å². The van der Waals surface area contributed by atoms with E-state index in [-0.39, 0.29) is 37.4 Å². The highest BCUT2D eigenvalue weighted by atomic mass is 16.5. The second-order valence-corrected chi connectivity index (χ2v) is 9.79. The van der Waals surface area contributed by atoms with Gasteiger partial charge in [-0.25, -0.2) is 4.79 Å². The van der Waals surface area contributed by atoms with Crippen LogP contribution < -0.4 is 5.32 Å². The fourth-order valence-corrected chi connectivity index (χ4v) is 5.05. The number of nitrogens with zero attached hydrogens (tertiary/aromatic N) is 1. The molecule has 2 aromatic rings. The van der Waals surface area contributed by atoms with E-state index in [1.807, 2.05) is 45.0 Å². The van der Waals surface area contributed by atoms with Gasteiger partial charge < -0.3 is 20.1 Å². The Bertz CT molecular complexity index is 1040. The Morgan fingerprint density at radius 2 is 1.62 bits per heavy atom. The van der Waals surface area contributed by atoms with Crippen LogP contribution in [-0.2, 0) is 14.3 Å². The Hall–Kier alpha value is -3.35. The molecule has 1 heterocycles. The zero-order valence-corrected chi connectivity index (χ0v) is 19.9. The molecule has 2 N–H and O–H groups in total. The van der Waals surface area contributed by atoms with Crippen LogP contribution in [0.2, 0.25) is 0 Å². The summed E-state index contributed by atoms with van der Waals surface area (Å²) in [6, 6.07) is 15.5. The van der Waals surface area contributed by atoms with E-state index in [1.54, 1.807) is 0 Å². The maximum absolute atomic E-state index is 13.1. The summed E-state index contributed by atoms with van der Waals surface area (Å²) >= 11 is 0. The highest BCUT2D eigenvalue weighted by Gasteiger charge is 2.51. The van der Waals surface area contributed by atoms with Crippen LogP contribution in [0.25, 0.3) is 11.1 Å². The third-order valence-electron chi connectivity index (χ3n) is 7.07. The molecule has 1 aliphatic heterocycles. The molecule has 4 rings (SSSR count). The lowest BCUT2D eigenvalue weighted by atomic mass is 9.77. The van der Waals surface area contributed by atoms with Gasteiger partial charge in [-0.15, -0.1) is 0 Å². The number of benzene rings is 2. The van der Waals surface area contributed by atoms with Crippen LogP contribution >= 0.6 is 0 Å². The van der Waals surface area contributed by atoms with E-state index < -0.39 is 23.5 Å². The normalized spacial score (nSPS) is 16.9. The van der Waals surface area contributed by atoms with Crippen LogP contribution in [0.1, 0.15) is 50.7 Å². The summed E-state index contributed by atoms with van der Waals surface area (Å²) in [5.41, 5.74) is 3.65. The summed E-state index contributed by atoms with van der Waals surface area (Å²) in [5, 5.41) is 12.2. The number of rotatable bonds is 8. The van der Waals surface area contributed by atoms with Crippen molar-refractivity contribution in [3.63, 3.8) is 0 Å². The molecule has 0 saturated carbocycles. The summed E-state index contributed by atoms with van der Waals surface area (Å²) in [4.78, 5) is 38.9. The first-order valence-corrected chi connectivity index (χ1v) is 11.9. The van der Waals surface area contributed by atoms with Crippen molar-refractivity contribution in [2.75, 3.05) is 19.7 Å². The molecule has 1 aliphatic carbocycles. The minimum Gasteiger partial charge on any atom is -0.481 e. The highest BCUT2D eigenvalue weighted by Crippen LogP contribution is 2.44. The summed E-state index contributed by atoms with van der Waals surface area (Å²) in [6.07, 6.45) is 0.272. The molecule has 180 valence electrons. The lowest BCUT2D eigenvalue weighted by Crippen LogP contribution is -2.65. The highest BCUT2D eigenvalue weighted by molar-refractivity contribution is 5.89. The van der Waals surface area contributed by atoms with Crippen molar-refractivity contribution in [1.82, 2.24) is 10.2 Å². The van der Waals surface area contributed by atoms with Crippen LogP contribution in [0, 0.1) is 11.3 Å². The molecule has 0 spiro atoms. The number of hydrogen-bond donors (Lipinski definition) is 2. The van der Waals surface area contributed by atoms with E-state index in [1.165, 1.54) is 4.90 Å². The standard InChI is InChI=1S/C27H32N2O5/c1-4-27(25(31)32)15-29(16-27)24(30)23(13-17(2)3)28-26(33)34-14-22-20-11-7-5-9-18(20)19-10-6-8-12-21(19)22/h5-12,17,22-23H,4,13-16H2,1-3H3,(H,28,33)(H,31,32)/t23-/m0/s1. The fourth-order valence-electron chi connectivity index (χ4n) is 5.05. The van der Waals surface area contributed by atoms with Crippen LogP contribution in [0.4, 0.5) is 4.79 Å². The van der Waals surface area contributed by atoms with Crippen LogP contribution in [0.5, 0.6) is 0 Å². The predicted molar refractivity (Wildman–Crippen MR) is 128 cm³/mol.